The Bertz CT molecular complexity index is 211. The SMILES string of the molecule is CCC1OCC(C)[C@@H](C)[C@H]1N=[N+]=[N-]. The average molecular weight is 183 g/mol. The fourth-order valence-corrected chi connectivity index (χ4v) is 1.80. The molecule has 0 radical (unpaired) electrons. The maximum atomic E-state index is 8.44. The van der Waals surface area contributed by atoms with Crippen LogP contribution >= 0.6 is 0 Å². The van der Waals surface area contributed by atoms with Crippen molar-refractivity contribution in [2.75, 3.05) is 6.61 Å². The Labute approximate surface area is 78.9 Å². The van der Waals surface area contributed by atoms with Crippen LogP contribution in [0.5, 0.6) is 0 Å². The van der Waals surface area contributed by atoms with Crippen molar-refractivity contribution < 1.29 is 4.74 Å². The van der Waals surface area contributed by atoms with Crippen molar-refractivity contribution in [1.82, 2.24) is 0 Å². The van der Waals surface area contributed by atoms with Crippen molar-refractivity contribution in [2.45, 2.75) is 39.3 Å². The largest absolute Gasteiger partial charge is 0.378 e. The summed E-state index contributed by atoms with van der Waals surface area (Å²) in [6.07, 6.45) is 1.03. The quantitative estimate of drug-likeness (QED) is 0.369. The van der Waals surface area contributed by atoms with Crippen LogP contribution in [-0.2, 0) is 4.74 Å². The summed E-state index contributed by atoms with van der Waals surface area (Å²) in [5.74, 6) is 0.910. The second-order valence-corrected chi connectivity index (χ2v) is 3.81. The zero-order chi connectivity index (χ0) is 9.84. The normalized spacial score (nSPS) is 39.6. The molecule has 0 bridgehead atoms. The zero-order valence-electron chi connectivity index (χ0n) is 8.47. The van der Waals surface area contributed by atoms with Gasteiger partial charge in [-0.15, -0.1) is 0 Å². The fourth-order valence-electron chi connectivity index (χ4n) is 1.80. The van der Waals surface area contributed by atoms with E-state index < -0.39 is 0 Å². The van der Waals surface area contributed by atoms with E-state index in [0.717, 1.165) is 13.0 Å². The first-order valence-electron chi connectivity index (χ1n) is 4.86. The van der Waals surface area contributed by atoms with Gasteiger partial charge in [0, 0.05) is 11.5 Å². The molecule has 0 amide bonds. The van der Waals surface area contributed by atoms with Crippen molar-refractivity contribution in [3.05, 3.63) is 10.4 Å². The van der Waals surface area contributed by atoms with Crippen LogP contribution in [-0.4, -0.2) is 18.8 Å². The highest BCUT2D eigenvalue weighted by Gasteiger charge is 2.33. The first-order valence-corrected chi connectivity index (χ1v) is 4.86. The smallest absolute Gasteiger partial charge is 0.0665 e. The maximum Gasteiger partial charge on any atom is 0.0665 e. The highest BCUT2D eigenvalue weighted by atomic mass is 16.5. The van der Waals surface area contributed by atoms with Crippen LogP contribution in [0.2, 0.25) is 0 Å². The molecule has 1 fully saturated rings. The molecular weight excluding hydrogens is 166 g/mol. The van der Waals surface area contributed by atoms with Gasteiger partial charge < -0.3 is 4.74 Å². The average Bonchev–Trinajstić information content (AvgIpc) is 2.14. The predicted octanol–water partition coefficient (Wildman–Crippen LogP) is 2.75. The fraction of sp³-hybridized carbons (Fsp3) is 1.00. The molecule has 1 heterocycles. The van der Waals surface area contributed by atoms with Gasteiger partial charge in [-0.1, -0.05) is 25.9 Å². The molecule has 0 N–H and O–H groups in total. The van der Waals surface area contributed by atoms with Crippen molar-refractivity contribution in [2.24, 2.45) is 17.0 Å². The molecule has 0 saturated carbocycles. The summed E-state index contributed by atoms with van der Waals surface area (Å²) in [7, 11) is 0. The molecule has 1 rings (SSSR count). The lowest BCUT2D eigenvalue weighted by Crippen LogP contribution is -2.42. The summed E-state index contributed by atoms with van der Waals surface area (Å²) < 4.78 is 5.61. The Morgan fingerprint density at radius 3 is 2.77 bits per heavy atom. The Morgan fingerprint density at radius 2 is 2.23 bits per heavy atom. The van der Waals surface area contributed by atoms with Crippen LogP contribution in [0, 0.1) is 11.8 Å². The lowest BCUT2D eigenvalue weighted by molar-refractivity contribution is -0.0529. The summed E-state index contributed by atoms with van der Waals surface area (Å²) >= 11 is 0. The van der Waals surface area contributed by atoms with Gasteiger partial charge in [-0.05, 0) is 23.8 Å². The van der Waals surface area contributed by atoms with E-state index >= 15 is 0 Å². The molecule has 1 aliphatic heterocycles. The molecule has 13 heavy (non-hydrogen) atoms. The number of rotatable bonds is 2. The molecule has 1 saturated heterocycles. The number of hydrogen-bond acceptors (Lipinski definition) is 2. The molecule has 2 unspecified atom stereocenters. The first-order chi connectivity index (χ1) is 6.20. The molecule has 4 heteroatoms. The van der Waals surface area contributed by atoms with Gasteiger partial charge >= 0.3 is 0 Å². The highest BCUT2D eigenvalue weighted by Crippen LogP contribution is 2.29. The number of azide groups is 1. The van der Waals surface area contributed by atoms with E-state index in [-0.39, 0.29) is 12.1 Å². The van der Waals surface area contributed by atoms with E-state index in [2.05, 4.69) is 30.8 Å². The minimum Gasteiger partial charge on any atom is -0.378 e. The molecule has 0 aliphatic carbocycles. The Balaban J connectivity index is 2.74. The molecule has 74 valence electrons. The van der Waals surface area contributed by atoms with Gasteiger partial charge in [0.25, 0.3) is 0 Å². The Morgan fingerprint density at radius 1 is 1.54 bits per heavy atom. The van der Waals surface area contributed by atoms with Crippen LogP contribution in [0.25, 0.3) is 10.4 Å². The molecule has 0 aromatic heterocycles. The first kappa shape index (κ1) is 10.4. The topological polar surface area (TPSA) is 58.0 Å². The van der Waals surface area contributed by atoms with Crippen molar-refractivity contribution in [3.63, 3.8) is 0 Å². The maximum absolute atomic E-state index is 8.44. The lowest BCUT2D eigenvalue weighted by Gasteiger charge is -2.37. The second kappa shape index (κ2) is 4.49. The highest BCUT2D eigenvalue weighted by molar-refractivity contribution is 4.87. The summed E-state index contributed by atoms with van der Waals surface area (Å²) in [6, 6.07) is 0.0127. The third-order valence-electron chi connectivity index (χ3n) is 2.98. The zero-order valence-corrected chi connectivity index (χ0v) is 8.47. The standard InChI is InChI=1S/C9H17N3O/c1-4-8-9(11-12-10)7(3)6(2)5-13-8/h6-9H,4-5H2,1-3H3/t6?,7-,8?,9-/m1/s1. The van der Waals surface area contributed by atoms with E-state index in [1.54, 1.807) is 0 Å². The van der Waals surface area contributed by atoms with Crippen LogP contribution in [0.15, 0.2) is 5.11 Å². The van der Waals surface area contributed by atoms with Crippen LogP contribution in [0.3, 0.4) is 0 Å². The molecule has 1 aliphatic rings. The van der Waals surface area contributed by atoms with Crippen LogP contribution in [0.4, 0.5) is 0 Å². The Kier molecular flexibility index (Phi) is 3.58. The van der Waals surface area contributed by atoms with Gasteiger partial charge in [0.15, 0.2) is 0 Å². The molecule has 4 atom stereocenters. The van der Waals surface area contributed by atoms with E-state index in [1.165, 1.54) is 0 Å². The van der Waals surface area contributed by atoms with Gasteiger partial charge in [0.2, 0.25) is 0 Å². The van der Waals surface area contributed by atoms with Gasteiger partial charge in [0.1, 0.15) is 0 Å². The summed E-state index contributed by atoms with van der Waals surface area (Å²) in [6.45, 7) is 7.12. The van der Waals surface area contributed by atoms with E-state index in [0.29, 0.717) is 11.8 Å². The summed E-state index contributed by atoms with van der Waals surface area (Å²) in [5, 5.41) is 3.82. The van der Waals surface area contributed by atoms with Gasteiger partial charge in [0.05, 0.1) is 12.1 Å². The van der Waals surface area contributed by atoms with E-state index in [9.17, 15) is 0 Å². The van der Waals surface area contributed by atoms with Crippen LogP contribution in [0.1, 0.15) is 27.2 Å². The molecular formula is C9H17N3O. The summed E-state index contributed by atoms with van der Waals surface area (Å²) in [5.41, 5.74) is 8.44. The second-order valence-electron chi connectivity index (χ2n) is 3.81. The third kappa shape index (κ3) is 2.14. The number of hydrogen-bond donors (Lipinski definition) is 0. The van der Waals surface area contributed by atoms with Gasteiger partial charge in [-0.3, -0.25) is 0 Å². The minimum atomic E-state index is 0.0127. The van der Waals surface area contributed by atoms with Crippen molar-refractivity contribution in [1.29, 1.82) is 0 Å². The monoisotopic (exact) mass is 183 g/mol. The van der Waals surface area contributed by atoms with Gasteiger partial charge in [-0.2, -0.15) is 0 Å². The molecule has 0 aromatic rings. The van der Waals surface area contributed by atoms with E-state index in [1.807, 2.05) is 0 Å². The molecule has 0 spiro atoms. The predicted molar refractivity (Wildman–Crippen MR) is 51.3 cm³/mol. The molecule has 4 nitrogen and oxygen atoms in total. The van der Waals surface area contributed by atoms with Crippen LogP contribution < -0.4 is 0 Å². The number of ether oxygens (including phenoxy) is 1. The van der Waals surface area contributed by atoms with Gasteiger partial charge in [-0.25, -0.2) is 0 Å². The lowest BCUT2D eigenvalue weighted by atomic mass is 9.84. The minimum absolute atomic E-state index is 0.0127. The van der Waals surface area contributed by atoms with Crippen molar-refractivity contribution in [3.8, 4) is 0 Å². The number of nitrogens with zero attached hydrogens (tertiary/aromatic N) is 3. The molecule has 0 aromatic carbocycles. The summed E-state index contributed by atoms with van der Waals surface area (Å²) in [4.78, 5) is 2.89. The third-order valence-corrected chi connectivity index (χ3v) is 2.98. The Hall–Kier alpha value is -0.730. The van der Waals surface area contributed by atoms with E-state index in [4.69, 9.17) is 10.3 Å². The van der Waals surface area contributed by atoms with Crippen molar-refractivity contribution >= 4 is 0 Å².